The van der Waals surface area contributed by atoms with Crippen molar-refractivity contribution in [2.45, 2.75) is 13.0 Å². The fourth-order valence-corrected chi connectivity index (χ4v) is 2.06. The van der Waals surface area contributed by atoms with Crippen LogP contribution in [0.15, 0.2) is 54.6 Å². The first kappa shape index (κ1) is 15.1. The molecule has 0 aliphatic rings. The summed E-state index contributed by atoms with van der Waals surface area (Å²) in [5, 5.41) is 6.19. The Labute approximate surface area is 125 Å². The largest absolute Gasteiger partial charge is 0.383 e. The molecule has 4 heteroatoms. The standard InChI is InChI=1S/C17H20N2O2/c1-13(12-21-2)18-17(20)15-10-6-7-11-16(15)19-14-8-4-3-5-9-14/h3-11,13,19H,12H2,1-2H3,(H,18,20). The lowest BCUT2D eigenvalue weighted by Crippen LogP contribution is -2.35. The molecule has 1 amide bonds. The number of benzene rings is 2. The fraction of sp³-hybridized carbons (Fsp3) is 0.235. The minimum atomic E-state index is -0.112. The topological polar surface area (TPSA) is 50.4 Å². The van der Waals surface area contributed by atoms with Crippen LogP contribution in [0.1, 0.15) is 17.3 Å². The zero-order valence-electron chi connectivity index (χ0n) is 12.3. The lowest BCUT2D eigenvalue weighted by molar-refractivity contribution is 0.0906. The van der Waals surface area contributed by atoms with E-state index >= 15 is 0 Å². The normalized spacial score (nSPS) is 11.7. The molecule has 0 fully saturated rings. The highest BCUT2D eigenvalue weighted by molar-refractivity contribution is 6.00. The number of carbonyl (C=O) groups is 1. The van der Waals surface area contributed by atoms with Gasteiger partial charge in [0.15, 0.2) is 0 Å². The van der Waals surface area contributed by atoms with Crippen molar-refractivity contribution in [3.05, 3.63) is 60.2 Å². The van der Waals surface area contributed by atoms with Crippen molar-refractivity contribution in [3.8, 4) is 0 Å². The summed E-state index contributed by atoms with van der Waals surface area (Å²) in [5.74, 6) is -0.112. The number of para-hydroxylation sites is 2. The maximum absolute atomic E-state index is 12.3. The molecule has 1 atom stereocenters. The van der Waals surface area contributed by atoms with Crippen LogP contribution >= 0.6 is 0 Å². The van der Waals surface area contributed by atoms with Gasteiger partial charge < -0.3 is 15.4 Å². The molecule has 0 spiro atoms. The molecule has 0 aliphatic carbocycles. The predicted molar refractivity (Wildman–Crippen MR) is 85.0 cm³/mol. The van der Waals surface area contributed by atoms with Crippen LogP contribution in [-0.2, 0) is 4.74 Å². The van der Waals surface area contributed by atoms with E-state index in [1.54, 1.807) is 13.2 Å². The highest BCUT2D eigenvalue weighted by Gasteiger charge is 2.13. The van der Waals surface area contributed by atoms with Crippen molar-refractivity contribution < 1.29 is 9.53 Å². The Bertz CT molecular complexity index is 584. The van der Waals surface area contributed by atoms with Crippen LogP contribution in [0, 0.1) is 0 Å². The molecule has 0 radical (unpaired) electrons. The molecular weight excluding hydrogens is 264 g/mol. The summed E-state index contributed by atoms with van der Waals surface area (Å²) in [6.07, 6.45) is 0. The predicted octanol–water partition coefficient (Wildman–Crippen LogP) is 3.19. The molecule has 0 bridgehead atoms. The van der Waals surface area contributed by atoms with E-state index in [-0.39, 0.29) is 11.9 Å². The third-order valence-electron chi connectivity index (χ3n) is 3.02. The monoisotopic (exact) mass is 284 g/mol. The van der Waals surface area contributed by atoms with Crippen LogP contribution in [0.2, 0.25) is 0 Å². The number of ether oxygens (including phenoxy) is 1. The summed E-state index contributed by atoms with van der Waals surface area (Å²) < 4.78 is 5.04. The maximum atomic E-state index is 12.3. The molecule has 2 rings (SSSR count). The Morgan fingerprint density at radius 1 is 1.10 bits per heavy atom. The Hall–Kier alpha value is -2.33. The fourth-order valence-electron chi connectivity index (χ4n) is 2.06. The average Bonchev–Trinajstić information content (AvgIpc) is 2.49. The van der Waals surface area contributed by atoms with Gasteiger partial charge in [0, 0.05) is 18.8 Å². The molecule has 0 aliphatic heterocycles. The Kier molecular flexibility index (Phi) is 5.35. The van der Waals surface area contributed by atoms with Gasteiger partial charge in [0.25, 0.3) is 5.91 Å². The summed E-state index contributed by atoms with van der Waals surface area (Å²) in [6.45, 7) is 2.40. The number of anilines is 2. The maximum Gasteiger partial charge on any atom is 0.253 e. The number of nitrogens with one attached hydrogen (secondary N) is 2. The highest BCUT2D eigenvalue weighted by atomic mass is 16.5. The van der Waals surface area contributed by atoms with Crippen molar-refractivity contribution >= 4 is 17.3 Å². The third-order valence-corrected chi connectivity index (χ3v) is 3.02. The van der Waals surface area contributed by atoms with Gasteiger partial charge in [-0.05, 0) is 31.2 Å². The molecule has 2 aromatic carbocycles. The highest BCUT2D eigenvalue weighted by Crippen LogP contribution is 2.20. The molecule has 21 heavy (non-hydrogen) atoms. The molecular formula is C17H20N2O2. The van der Waals surface area contributed by atoms with E-state index in [1.807, 2.05) is 55.5 Å². The van der Waals surface area contributed by atoms with Gasteiger partial charge in [-0.2, -0.15) is 0 Å². The summed E-state index contributed by atoms with van der Waals surface area (Å²) in [4.78, 5) is 12.3. The van der Waals surface area contributed by atoms with Gasteiger partial charge in [-0.25, -0.2) is 0 Å². The lowest BCUT2D eigenvalue weighted by Gasteiger charge is -2.15. The second kappa shape index (κ2) is 7.45. The summed E-state index contributed by atoms with van der Waals surface area (Å²) in [5.41, 5.74) is 2.35. The number of hydrogen-bond donors (Lipinski definition) is 2. The molecule has 0 heterocycles. The number of hydrogen-bond acceptors (Lipinski definition) is 3. The molecule has 2 N–H and O–H groups in total. The van der Waals surface area contributed by atoms with Gasteiger partial charge in [0.1, 0.15) is 0 Å². The summed E-state index contributed by atoms with van der Waals surface area (Å²) in [7, 11) is 1.62. The SMILES string of the molecule is COCC(C)NC(=O)c1ccccc1Nc1ccccc1. The first-order chi connectivity index (χ1) is 10.2. The number of rotatable bonds is 6. The van der Waals surface area contributed by atoms with Crippen LogP contribution in [0.3, 0.4) is 0 Å². The summed E-state index contributed by atoms with van der Waals surface area (Å²) in [6, 6.07) is 17.2. The average molecular weight is 284 g/mol. The number of methoxy groups -OCH3 is 1. The second-order valence-corrected chi connectivity index (χ2v) is 4.87. The zero-order chi connectivity index (χ0) is 15.1. The van der Waals surface area contributed by atoms with Crippen molar-refractivity contribution in [1.29, 1.82) is 0 Å². The zero-order valence-corrected chi connectivity index (χ0v) is 12.3. The van der Waals surface area contributed by atoms with E-state index < -0.39 is 0 Å². The van der Waals surface area contributed by atoms with Gasteiger partial charge >= 0.3 is 0 Å². The molecule has 4 nitrogen and oxygen atoms in total. The first-order valence-electron chi connectivity index (χ1n) is 6.91. The quantitative estimate of drug-likeness (QED) is 0.856. The first-order valence-corrected chi connectivity index (χ1v) is 6.91. The van der Waals surface area contributed by atoms with Gasteiger partial charge in [-0.15, -0.1) is 0 Å². The molecule has 1 unspecified atom stereocenters. The van der Waals surface area contributed by atoms with Crippen LogP contribution in [0.4, 0.5) is 11.4 Å². The minimum Gasteiger partial charge on any atom is -0.383 e. The molecule has 0 aromatic heterocycles. The second-order valence-electron chi connectivity index (χ2n) is 4.87. The van der Waals surface area contributed by atoms with Gasteiger partial charge in [-0.3, -0.25) is 4.79 Å². The molecule has 2 aromatic rings. The van der Waals surface area contributed by atoms with E-state index in [9.17, 15) is 4.79 Å². The number of amides is 1. The van der Waals surface area contributed by atoms with E-state index in [2.05, 4.69) is 10.6 Å². The van der Waals surface area contributed by atoms with E-state index in [0.29, 0.717) is 12.2 Å². The van der Waals surface area contributed by atoms with Crippen LogP contribution < -0.4 is 10.6 Å². The smallest absolute Gasteiger partial charge is 0.253 e. The Morgan fingerprint density at radius 2 is 1.76 bits per heavy atom. The van der Waals surface area contributed by atoms with Crippen molar-refractivity contribution in [1.82, 2.24) is 5.32 Å². The molecule has 110 valence electrons. The van der Waals surface area contributed by atoms with E-state index in [0.717, 1.165) is 11.4 Å². The molecule has 0 saturated carbocycles. The van der Waals surface area contributed by atoms with Crippen molar-refractivity contribution in [3.63, 3.8) is 0 Å². The lowest BCUT2D eigenvalue weighted by atomic mass is 10.1. The Morgan fingerprint density at radius 3 is 2.48 bits per heavy atom. The number of carbonyl (C=O) groups excluding carboxylic acids is 1. The molecule has 0 saturated heterocycles. The van der Waals surface area contributed by atoms with Crippen molar-refractivity contribution in [2.24, 2.45) is 0 Å². The van der Waals surface area contributed by atoms with Gasteiger partial charge in [0.2, 0.25) is 0 Å². The minimum absolute atomic E-state index is 0.0349. The van der Waals surface area contributed by atoms with E-state index in [1.165, 1.54) is 0 Å². The Balaban J connectivity index is 2.15. The van der Waals surface area contributed by atoms with Crippen molar-refractivity contribution in [2.75, 3.05) is 19.0 Å². The third kappa shape index (κ3) is 4.33. The van der Waals surface area contributed by atoms with E-state index in [4.69, 9.17) is 4.74 Å². The summed E-state index contributed by atoms with van der Waals surface area (Å²) >= 11 is 0. The van der Waals surface area contributed by atoms with Gasteiger partial charge in [-0.1, -0.05) is 30.3 Å². The van der Waals surface area contributed by atoms with Crippen LogP contribution in [-0.4, -0.2) is 25.7 Å². The van der Waals surface area contributed by atoms with Crippen LogP contribution in [0.25, 0.3) is 0 Å². The van der Waals surface area contributed by atoms with Crippen LogP contribution in [0.5, 0.6) is 0 Å². The van der Waals surface area contributed by atoms with Gasteiger partial charge in [0.05, 0.1) is 17.9 Å².